The van der Waals surface area contributed by atoms with Crippen LogP contribution in [0.4, 0.5) is 0 Å². The predicted molar refractivity (Wildman–Crippen MR) is 75.1 cm³/mol. The first-order chi connectivity index (χ1) is 8.84. The van der Waals surface area contributed by atoms with Crippen LogP contribution < -0.4 is 0 Å². The largest absolute Gasteiger partial charge is 0.343 e. The molecule has 1 aliphatic rings. The average molecular weight is 347 g/mol. The molecule has 1 amide bonds. The summed E-state index contributed by atoms with van der Waals surface area (Å²) in [6.07, 6.45) is 0. The molecule has 5 nitrogen and oxygen atoms in total. The molecule has 0 aromatic heterocycles. The van der Waals surface area contributed by atoms with E-state index < -0.39 is 16.1 Å². The van der Waals surface area contributed by atoms with E-state index in [0.717, 1.165) is 4.47 Å². The highest BCUT2D eigenvalue weighted by Gasteiger charge is 2.37. The summed E-state index contributed by atoms with van der Waals surface area (Å²) in [5.41, 5.74) is 0. The van der Waals surface area contributed by atoms with Crippen molar-refractivity contribution in [2.45, 2.75) is 17.9 Å². The zero-order valence-corrected chi connectivity index (χ0v) is 13.1. The Balaban J connectivity index is 2.35. The second-order valence-electron chi connectivity index (χ2n) is 4.51. The second kappa shape index (κ2) is 5.22. The number of piperazine rings is 1. The molecule has 0 N–H and O–H groups in total. The Labute approximate surface area is 121 Å². The molecule has 0 spiro atoms. The third-order valence-electron chi connectivity index (χ3n) is 3.24. The number of rotatable bonds is 2. The Morgan fingerprint density at radius 3 is 2.37 bits per heavy atom. The van der Waals surface area contributed by atoms with Crippen molar-refractivity contribution in [3.05, 3.63) is 28.7 Å². The third-order valence-corrected chi connectivity index (χ3v) is 5.75. The zero-order valence-electron chi connectivity index (χ0n) is 10.7. The SMILES string of the molecule is CC1C(=O)N(C)CCN1S(=O)(=O)c1ccc(Br)cc1. The molecule has 1 aromatic rings. The van der Waals surface area contributed by atoms with Gasteiger partial charge < -0.3 is 4.90 Å². The van der Waals surface area contributed by atoms with Gasteiger partial charge in [0.25, 0.3) is 0 Å². The van der Waals surface area contributed by atoms with Gasteiger partial charge in [-0.15, -0.1) is 0 Å². The summed E-state index contributed by atoms with van der Waals surface area (Å²) in [6.45, 7) is 2.36. The van der Waals surface area contributed by atoms with E-state index in [9.17, 15) is 13.2 Å². The topological polar surface area (TPSA) is 57.7 Å². The first-order valence-corrected chi connectivity index (χ1v) is 8.10. The van der Waals surface area contributed by atoms with Crippen LogP contribution in [0.1, 0.15) is 6.92 Å². The molecule has 1 fully saturated rings. The molecule has 1 aliphatic heterocycles. The van der Waals surface area contributed by atoms with Crippen molar-refractivity contribution in [1.82, 2.24) is 9.21 Å². The van der Waals surface area contributed by atoms with Crippen molar-refractivity contribution in [2.75, 3.05) is 20.1 Å². The van der Waals surface area contributed by atoms with Gasteiger partial charge in [-0.05, 0) is 31.2 Å². The number of nitrogens with zero attached hydrogens (tertiary/aromatic N) is 2. The lowest BCUT2D eigenvalue weighted by Gasteiger charge is -2.36. The lowest BCUT2D eigenvalue weighted by molar-refractivity contribution is -0.136. The smallest absolute Gasteiger partial charge is 0.243 e. The Morgan fingerprint density at radius 2 is 1.79 bits per heavy atom. The summed E-state index contributed by atoms with van der Waals surface area (Å²) in [5, 5.41) is 0. The molecule has 19 heavy (non-hydrogen) atoms. The second-order valence-corrected chi connectivity index (χ2v) is 7.31. The highest BCUT2D eigenvalue weighted by Crippen LogP contribution is 2.23. The first kappa shape index (κ1) is 14.5. The average Bonchev–Trinajstić information content (AvgIpc) is 2.36. The fourth-order valence-electron chi connectivity index (χ4n) is 2.06. The van der Waals surface area contributed by atoms with Crippen molar-refractivity contribution in [1.29, 1.82) is 0 Å². The highest BCUT2D eigenvalue weighted by atomic mass is 79.9. The third kappa shape index (κ3) is 2.68. The van der Waals surface area contributed by atoms with Crippen molar-refractivity contribution in [2.24, 2.45) is 0 Å². The lowest BCUT2D eigenvalue weighted by atomic mass is 10.2. The molecule has 0 radical (unpaired) electrons. The van der Waals surface area contributed by atoms with Gasteiger partial charge >= 0.3 is 0 Å². The summed E-state index contributed by atoms with van der Waals surface area (Å²) in [5.74, 6) is -0.174. The molecular formula is C12H15BrN2O3S. The van der Waals surface area contributed by atoms with Crippen molar-refractivity contribution < 1.29 is 13.2 Å². The maximum Gasteiger partial charge on any atom is 0.243 e. The predicted octanol–water partition coefficient (Wildman–Crippen LogP) is 1.30. The Morgan fingerprint density at radius 1 is 1.21 bits per heavy atom. The maximum absolute atomic E-state index is 12.5. The molecule has 0 bridgehead atoms. The number of amides is 1. The van der Waals surface area contributed by atoms with E-state index in [-0.39, 0.29) is 10.8 Å². The quantitative estimate of drug-likeness (QED) is 0.810. The van der Waals surface area contributed by atoms with Crippen molar-refractivity contribution in [3.8, 4) is 0 Å². The Hall–Kier alpha value is -0.920. The van der Waals surface area contributed by atoms with Gasteiger partial charge in [-0.3, -0.25) is 4.79 Å². The summed E-state index contributed by atoms with van der Waals surface area (Å²) < 4.78 is 27.1. The number of halogens is 1. The van der Waals surface area contributed by atoms with E-state index >= 15 is 0 Å². The van der Waals surface area contributed by atoms with Crippen LogP contribution >= 0.6 is 15.9 Å². The number of sulfonamides is 1. The minimum Gasteiger partial charge on any atom is -0.343 e. The van der Waals surface area contributed by atoms with Crippen molar-refractivity contribution in [3.63, 3.8) is 0 Å². The molecule has 7 heteroatoms. The van der Waals surface area contributed by atoms with Gasteiger partial charge in [-0.2, -0.15) is 4.31 Å². The van der Waals surface area contributed by atoms with Crippen molar-refractivity contribution >= 4 is 31.9 Å². The summed E-state index contributed by atoms with van der Waals surface area (Å²) >= 11 is 3.27. The van der Waals surface area contributed by atoms with Crippen LogP contribution in [0.2, 0.25) is 0 Å². The van der Waals surface area contributed by atoms with E-state index in [1.807, 2.05) is 0 Å². The highest BCUT2D eigenvalue weighted by molar-refractivity contribution is 9.10. The van der Waals surface area contributed by atoms with E-state index in [4.69, 9.17) is 0 Å². The van der Waals surface area contributed by atoms with E-state index in [1.165, 1.54) is 16.4 Å². The minimum atomic E-state index is -3.62. The van der Waals surface area contributed by atoms with E-state index in [2.05, 4.69) is 15.9 Å². The van der Waals surface area contributed by atoms with Crippen LogP contribution in [0, 0.1) is 0 Å². The van der Waals surface area contributed by atoms with Gasteiger partial charge in [0, 0.05) is 24.6 Å². The van der Waals surface area contributed by atoms with E-state index in [1.54, 1.807) is 31.0 Å². The number of hydrogen-bond donors (Lipinski definition) is 0. The van der Waals surface area contributed by atoms with Gasteiger partial charge in [0.1, 0.15) is 6.04 Å². The summed E-state index contributed by atoms with van der Waals surface area (Å²) in [6, 6.07) is 5.77. The molecule has 1 unspecified atom stereocenters. The molecular weight excluding hydrogens is 332 g/mol. The summed E-state index contributed by atoms with van der Waals surface area (Å²) in [7, 11) is -1.94. The van der Waals surface area contributed by atoms with Crippen LogP contribution in [-0.2, 0) is 14.8 Å². The number of likely N-dealkylation sites (N-methyl/N-ethyl adjacent to an activating group) is 1. The number of hydrogen-bond acceptors (Lipinski definition) is 3. The normalized spacial score (nSPS) is 21.7. The maximum atomic E-state index is 12.5. The molecule has 0 saturated carbocycles. The van der Waals surface area contributed by atoms with Crippen LogP contribution in [0.5, 0.6) is 0 Å². The number of carbonyl (C=O) groups is 1. The van der Waals surface area contributed by atoms with Crippen LogP contribution in [0.3, 0.4) is 0 Å². The van der Waals surface area contributed by atoms with Gasteiger partial charge in [0.2, 0.25) is 15.9 Å². The molecule has 0 aliphatic carbocycles. The Bertz CT molecular complexity index is 585. The number of carbonyl (C=O) groups excluding carboxylic acids is 1. The van der Waals surface area contributed by atoms with Crippen LogP contribution in [0.25, 0.3) is 0 Å². The fraction of sp³-hybridized carbons (Fsp3) is 0.417. The molecule has 1 atom stereocenters. The van der Waals surface area contributed by atoms with Crippen LogP contribution in [0.15, 0.2) is 33.6 Å². The Kier molecular flexibility index (Phi) is 3.98. The fourth-order valence-corrected chi connectivity index (χ4v) is 3.91. The van der Waals surface area contributed by atoms with Gasteiger partial charge in [0.15, 0.2) is 0 Å². The van der Waals surface area contributed by atoms with Crippen LogP contribution in [-0.4, -0.2) is 49.7 Å². The zero-order chi connectivity index (χ0) is 14.2. The molecule has 1 saturated heterocycles. The van der Waals surface area contributed by atoms with E-state index in [0.29, 0.717) is 13.1 Å². The van der Waals surface area contributed by atoms with Gasteiger partial charge in [-0.1, -0.05) is 15.9 Å². The molecule has 1 heterocycles. The standard InChI is InChI=1S/C12H15BrN2O3S/c1-9-12(16)14(2)7-8-15(9)19(17,18)11-5-3-10(13)4-6-11/h3-6,9H,7-8H2,1-2H3. The molecule has 104 valence electrons. The lowest BCUT2D eigenvalue weighted by Crippen LogP contribution is -2.56. The monoisotopic (exact) mass is 346 g/mol. The van der Waals surface area contributed by atoms with Gasteiger partial charge in [0.05, 0.1) is 4.90 Å². The molecule has 2 rings (SSSR count). The minimum absolute atomic E-state index is 0.174. The first-order valence-electron chi connectivity index (χ1n) is 5.86. The van der Waals surface area contributed by atoms with Gasteiger partial charge in [-0.25, -0.2) is 8.42 Å². The summed E-state index contributed by atoms with van der Waals surface area (Å²) in [4.78, 5) is 13.6. The molecule has 1 aromatic carbocycles. The number of benzene rings is 1.